The number of anilines is 1. The lowest BCUT2D eigenvalue weighted by Crippen LogP contribution is -2.42. The van der Waals surface area contributed by atoms with Crippen LogP contribution in [0.5, 0.6) is 0 Å². The van der Waals surface area contributed by atoms with Crippen LogP contribution in [0.2, 0.25) is 0 Å². The van der Waals surface area contributed by atoms with Gasteiger partial charge >= 0.3 is 5.97 Å². The number of amides is 2. The summed E-state index contributed by atoms with van der Waals surface area (Å²) in [6.45, 7) is 10.1. The Hall–Kier alpha value is -2.74. The minimum absolute atomic E-state index is 0.00854. The van der Waals surface area contributed by atoms with Gasteiger partial charge in [-0.2, -0.15) is 0 Å². The number of hydrogen-bond donors (Lipinski definition) is 3. The zero-order chi connectivity index (χ0) is 22.5. The summed E-state index contributed by atoms with van der Waals surface area (Å²) >= 11 is 1.22. The number of aromatic nitrogens is 1. The van der Waals surface area contributed by atoms with Crippen molar-refractivity contribution in [2.75, 3.05) is 5.32 Å². The van der Waals surface area contributed by atoms with E-state index in [1.54, 1.807) is 17.5 Å². The third-order valence-electron chi connectivity index (χ3n) is 4.47. The molecule has 0 radical (unpaired) electrons. The molecule has 7 nitrogen and oxygen atoms in total. The minimum atomic E-state index is -1.05. The first-order valence-corrected chi connectivity index (χ1v) is 10.7. The monoisotopic (exact) mass is 431 g/mol. The average Bonchev–Trinajstić information content (AvgIpc) is 3.06. The summed E-state index contributed by atoms with van der Waals surface area (Å²) in [5.41, 5.74) is 2.15. The second-order valence-corrected chi connectivity index (χ2v) is 9.55. The lowest BCUT2D eigenvalue weighted by atomic mass is 9.87. The summed E-state index contributed by atoms with van der Waals surface area (Å²) in [5, 5.41) is 16.6. The summed E-state index contributed by atoms with van der Waals surface area (Å²) in [5.74, 6) is -1.60. The van der Waals surface area contributed by atoms with Crippen molar-refractivity contribution in [2.45, 2.75) is 58.9 Å². The predicted molar refractivity (Wildman–Crippen MR) is 118 cm³/mol. The Morgan fingerprint density at radius 2 is 1.77 bits per heavy atom. The number of carboxylic acid groups (broad SMARTS) is 1. The molecule has 0 saturated carbocycles. The van der Waals surface area contributed by atoms with Gasteiger partial charge < -0.3 is 10.4 Å². The van der Waals surface area contributed by atoms with Crippen LogP contribution < -0.4 is 10.6 Å². The molecule has 1 aromatic carbocycles. The summed E-state index contributed by atoms with van der Waals surface area (Å²) in [6, 6.07) is 6.49. The molecule has 0 aliphatic rings. The Balaban J connectivity index is 1.95. The van der Waals surface area contributed by atoms with E-state index in [2.05, 4.69) is 36.4 Å². The highest BCUT2D eigenvalue weighted by Crippen LogP contribution is 2.23. The van der Waals surface area contributed by atoms with Crippen LogP contribution in [0.4, 0.5) is 5.13 Å². The molecule has 2 rings (SSSR count). The Labute approximate surface area is 180 Å². The molecule has 1 aromatic heterocycles. The van der Waals surface area contributed by atoms with Crippen molar-refractivity contribution in [2.24, 2.45) is 5.92 Å². The van der Waals surface area contributed by atoms with E-state index in [0.717, 1.165) is 5.56 Å². The van der Waals surface area contributed by atoms with Gasteiger partial charge in [-0.1, -0.05) is 46.8 Å². The van der Waals surface area contributed by atoms with Gasteiger partial charge in [-0.25, -0.2) is 9.78 Å². The van der Waals surface area contributed by atoms with Crippen LogP contribution in [-0.4, -0.2) is 33.9 Å². The van der Waals surface area contributed by atoms with E-state index >= 15 is 0 Å². The number of hydrogen-bond acceptors (Lipinski definition) is 5. The molecule has 3 N–H and O–H groups in total. The van der Waals surface area contributed by atoms with E-state index in [-0.39, 0.29) is 23.7 Å². The first-order chi connectivity index (χ1) is 14.0. The normalized spacial score (nSPS) is 12.5. The smallest absolute Gasteiger partial charge is 0.326 e. The number of aliphatic carboxylic acids is 1. The summed E-state index contributed by atoms with van der Waals surface area (Å²) in [6.07, 6.45) is 0.308. The van der Waals surface area contributed by atoms with E-state index in [4.69, 9.17) is 0 Å². The van der Waals surface area contributed by atoms with Crippen LogP contribution in [0.25, 0.3) is 0 Å². The standard InChI is InChI=1S/C22H29N3O4S/c1-13(2)10-17(20(28)29)24-18(26)11-16-12-30-21(23-16)25-19(27)14-6-8-15(9-7-14)22(3,4)5/h6-9,12-13,17H,10-11H2,1-5H3,(H,24,26)(H,28,29)(H,23,25,27). The third kappa shape index (κ3) is 6.95. The van der Waals surface area contributed by atoms with Crippen LogP contribution in [0.15, 0.2) is 29.6 Å². The maximum Gasteiger partial charge on any atom is 0.326 e. The Kier molecular flexibility index (Phi) is 7.72. The summed E-state index contributed by atoms with van der Waals surface area (Å²) < 4.78 is 0. The van der Waals surface area contributed by atoms with Crippen molar-refractivity contribution in [3.05, 3.63) is 46.5 Å². The maximum absolute atomic E-state index is 12.4. The van der Waals surface area contributed by atoms with Gasteiger partial charge in [0.1, 0.15) is 6.04 Å². The van der Waals surface area contributed by atoms with Crippen molar-refractivity contribution in [3.8, 4) is 0 Å². The number of benzene rings is 1. The number of thiazole rings is 1. The maximum atomic E-state index is 12.4. The van der Waals surface area contributed by atoms with Gasteiger partial charge in [-0.05, 0) is 35.4 Å². The molecule has 1 atom stereocenters. The van der Waals surface area contributed by atoms with E-state index < -0.39 is 17.9 Å². The van der Waals surface area contributed by atoms with Gasteiger partial charge in [0.25, 0.3) is 5.91 Å². The molecule has 30 heavy (non-hydrogen) atoms. The van der Waals surface area contributed by atoms with Crippen molar-refractivity contribution < 1.29 is 19.5 Å². The quantitative estimate of drug-likeness (QED) is 0.588. The number of rotatable bonds is 8. The Bertz CT molecular complexity index is 898. The van der Waals surface area contributed by atoms with Gasteiger partial charge in [0.05, 0.1) is 12.1 Å². The second kappa shape index (κ2) is 9.84. The molecule has 2 aromatic rings. The molecule has 162 valence electrons. The zero-order valence-electron chi connectivity index (χ0n) is 18.0. The molecule has 8 heteroatoms. The zero-order valence-corrected chi connectivity index (χ0v) is 18.8. The molecule has 1 unspecified atom stereocenters. The number of carbonyl (C=O) groups is 3. The molecule has 0 bridgehead atoms. The van der Waals surface area contributed by atoms with Crippen LogP contribution in [-0.2, 0) is 21.4 Å². The van der Waals surface area contributed by atoms with Crippen LogP contribution in [0.3, 0.4) is 0 Å². The molecule has 0 spiro atoms. The number of carbonyl (C=O) groups excluding carboxylic acids is 2. The van der Waals surface area contributed by atoms with Crippen molar-refractivity contribution >= 4 is 34.3 Å². The van der Waals surface area contributed by atoms with Crippen LogP contribution >= 0.6 is 11.3 Å². The largest absolute Gasteiger partial charge is 0.480 e. The summed E-state index contributed by atoms with van der Waals surface area (Å²) in [4.78, 5) is 40.2. The van der Waals surface area contributed by atoms with Crippen molar-refractivity contribution in [1.82, 2.24) is 10.3 Å². The van der Waals surface area contributed by atoms with Gasteiger partial charge in [-0.3, -0.25) is 14.9 Å². The molecule has 0 saturated heterocycles. The third-order valence-corrected chi connectivity index (χ3v) is 5.27. The van der Waals surface area contributed by atoms with Gasteiger partial charge in [0, 0.05) is 10.9 Å². The molecule has 0 fully saturated rings. The fourth-order valence-corrected chi connectivity index (χ4v) is 3.54. The topological polar surface area (TPSA) is 108 Å². The second-order valence-electron chi connectivity index (χ2n) is 8.69. The Morgan fingerprint density at radius 1 is 1.13 bits per heavy atom. The molecule has 1 heterocycles. The highest BCUT2D eigenvalue weighted by atomic mass is 32.1. The van der Waals surface area contributed by atoms with Gasteiger partial charge in [-0.15, -0.1) is 11.3 Å². The van der Waals surface area contributed by atoms with E-state index in [1.807, 2.05) is 26.0 Å². The van der Waals surface area contributed by atoms with Crippen LogP contribution in [0.1, 0.15) is 62.7 Å². The highest BCUT2D eigenvalue weighted by molar-refractivity contribution is 7.14. The summed E-state index contributed by atoms with van der Waals surface area (Å²) in [7, 11) is 0. The number of nitrogens with zero attached hydrogens (tertiary/aromatic N) is 1. The Morgan fingerprint density at radius 3 is 2.30 bits per heavy atom. The molecule has 0 aliphatic heterocycles. The predicted octanol–water partition coefficient (Wildman–Crippen LogP) is 3.85. The molecular formula is C22H29N3O4S. The van der Waals surface area contributed by atoms with Gasteiger partial charge in [0.15, 0.2) is 5.13 Å². The molecule has 2 amide bonds. The van der Waals surface area contributed by atoms with Gasteiger partial charge in [0.2, 0.25) is 5.91 Å². The lowest BCUT2D eigenvalue weighted by molar-refractivity contribution is -0.142. The fourth-order valence-electron chi connectivity index (χ4n) is 2.84. The van der Waals surface area contributed by atoms with E-state index in [0.29, 0.717) is 22.8 Å². The number of carboxylic acids is 1. The molecule has 0 aliphatic carbocycles. The first kappa shape index (κ1) is 23.5. The van der Waals surface area contributed by atoms with Crippen molar-refractivity contribution in [3.63, 3.8) is 0 Å². The highest BCUT2D eigenvalue weighted by Gasteiger charge is 2.22. The van der Waals surface area contributed by atoms with E-state index in [1.165, 1.54) is 11.3 Å². The van der Waals surface area contributed by atoms with Crippen molar-refractivity contribution in [1.29, 1.82) is 0 Å². The first-order valence-electron chi connectivity index (χ1n) is 9.84. The lowest BCUT2D eigenvalue weighted by Gasteiger charge is -2.18. The molecular weight excluding hydrogens is 402 g/mol. The minimum Gasteiger partial charge on any atom is -0.480 e. The fraction of sp³-hybridized carbons (Fsp3) is 0.455. The average molecular weight is 432 g/mol. The van der Waals surface area contributed by atoms with E-state index in [9.17, 15) is 19.5 Å². The number of nitrogens with one attached hydrogen (secondary N) is 2. The van der Waals surface area contributed by atoms with Crippen LogP contribution in [0, 0.1) is 5.92 Å². The SMILES string of the molecule is CC(C)CC(NC(=O)Cc1csc(NC(=O)c2ccc(C(C)(C)C)cc2)n1)C(=O)O.